The van der Waals surface area contributed by atoms with Crippen molar-refractivity contribution in [1.29, 1.82) is 0 Å². The fraction of sp³-hybridized carbons (Fsp3) is 0.462. The molecule has 1 aromatic rings. The largest absolute Gasteiger partial charge is 0.434 e. The molecule has 1 amide bonds. The standard InChI is InChI=1S/C13H16NO2/c15-13(14-10-4-5-11-8-9-11)16-12-6-2-1-3-7-12/h1-3,6-7,11H,4-5,8-10H2. The Hall–Kier alpha value is -1.51. The van der Waals surface area contributed by atoms with E-state index in [-0.39, 0.29) is 0 Å². The molecule has 1 radical (unpaired) electrons. The van der Waals surface area contributed by atoms with Crippen LogP contribution in [0, 0.1) is 5.92 Å². The number of rotatable bonds is 5. The lowest BCUT2D eigenvalue weighted by molar-refractivity contribution is 0.199. The zero-order chi connectivity index (χ0) is 11.2. The number of para-hydroxylation sites is 1. The van der Waals surface area contributed by atoms with Gasteiger partial charge in [-0.2, -0.15) is 0 Å². The van der Waals surface area contributed by atoms with Gasteiger partial charge in [0.05, 0.1) is 0 Å². The normalized spacial score (nSPS) is 14.5. The van der Waals surface area contributed by atoms with Gasteiger partial charge in [-0.05, 0) is 30.9 Å². The number of hydrogen-bond donors (Lipinski definition) is 0. The van der Waals surface area contributed by atoms with Gasteiger partial charge in [0.2, 0.25) is 0 Å². The van der Waals surface area contributed by atoms with Crippen LogP contribution in [0.2, 0.25) is 0 Å². The molecule has 0 unspecified atom stereocenters. The van der Waals surface area contributed by atoms with Crippen LogP contribution in [0.15, 0.2) is 30.3 Å². The van der Waals surface area contributed by atoms with Crippen LogP contribution < -0.4 is 10.1 Å². The van der Waals surface area contributed by atoms with Crippen LogP contribution >= 0.6 is 0 Å². The zero-order valence-electron chi connectivity index (χ0n) is 9.26. The number of amides is 1. The maximum absolute atomic E-state index is 11.3. The van der Waals surface area contributed by atoms with Gasteiger partial charge in [0.1, 0.15) is 5.75 Å². The molecule has 0 spiro atoms. The van der Waals surface area contributed by atoms with Crippen LogP contribution in [0.5, 0.6) is 5.75 Å². The van der Waals surface area contributed by atoms with E-state index in [1.807, 2.05) is 18.2 Å². The summed E-state index contributed by atoms with van der Waals surface area (Å²) in [5, 5.41) is 3.86. The van der Waals surface area contributed by atoms with Gasteiger partial charge >= 0.3 is 6.09 Å². The van der Waals surface area contributed by atoms with E-state index in [0.29, 0.717) is 12.3 Å². The van der Waals surface area contributed by atoms with E-state index in [0.717, 1.165) is 12.3 Å². The molecule has 0 saturated heterocycles. The molecule has 2 rings (SSSR count). The molecule has 0 atom stereocenters. The van der Waals surface area contributed by atoms with Crippen molar-refractivity contribution in [3.05, 3.63) is 30.3 Å². The maximum atomic E-state index is 11.3. The van der Waals surface area contributed by atoms with Crippen molar-refractivity contribution in [2.75, 3.05) is 6.54 Å². The van der Waals surface area contributed by atoms with Crippen molar-refractivity contribution in [3.8, 4) is 5.75 Å². The van der Waals surface area contributed by atoms with Crippen molar-refractivity contribution in [1.82, 2.24) is 5.32 Å². The number of carbonyl (C=O) groups is 1. The topological polar surface area (TPSA) is 40.4 Å². The predicted molar refractivity (Wildman–Crippen MR) is 61.4 cm³/mol. The third-order valence-electron chi connectivity index (χ3n) is 2.66. The molecular weight excluding hydrogens is 202 g/mol. The Bertz CT molecular complexity index is 333. The smallest absolute Gasteiger partial charge is 0.409 e. The number of carbonyl (C=O) groups excluding carboxylic acids is 1. The van der Waals surface area contributed by atoms with Gasteiger partial charge in [-0.1, -0.05) is 31.0 Å². The van der Waals surface area contributed by atoms with E-state index < -0.39 is 6.09 Å². The molecule has 0 bridgehead atoms. The minimum absolute atomic E-state index is 0.484. The highest BCUT2D eigenvalue weighted by molar-refractivity contribution is 5.69. The molecule has 0 aliphatic heterocycles. The lowest BCUT2D eigenvalue weighted by Crippen LogP contribution is -2.20. The molecule has 0 aromatic heterocycles. The van der Waals surface area contributed by atoms with E-state index in [2.05, 4.69) is 5.32 Å². The molecule has 3 heteroatoms. The number of nitrogens with zero attached hydrogens (tertiary/aromatic N) is 1. The number of hydrogen-bond acceptors (Lipinski definition) is 2. The first-order valence-corrected chi connectivity index (χ1v) is 5.79. The summed E-state index contributed by atoms with van der Waals surface area (Å²) in [6.45, 7) is 0.585. The Kier molecular flexibility index (Phi) is 3.81. The second-order valence-corrected chi connectivity index (χ2v) is 4.15. The fourth-order valence-corrected chi connectivity index (χ4v) is 1.58. The minimum Gasteiger partial charge on any atom is -0.409 e. The van der Waals surface area contributed by atoms with Crippen LogP contribution in [-0.4, -0.2) is 12.6 Å². The summed E-state index contributed by atoms with van der Waals surface area (Å²) in [6, 6.07) is 9.03. The summed E-state index contributed by atoms with van der Waals surface area (Å²) in [5.74, 6) is 1.46. The number of ether oxygens (including phenoxy) is 1. The molecular formula is C13H16NO2. The van der Waals surface area contributed by atoms with Gasteiger partial charge < -0.3 is 4.74 Å². The molecule has 16 heavy (non-hydrogen) atoms. The molecule has 0 heterocycles. The first-order chi connectivity index (χ1) is 7.84. The van der Waals surface area contributed by atoms with Gasteiger partial charge in [0, 0.05) is 6.54 Å². The fourth-order valence-electron chi connectivity index (χ4n) is 1.58. The lowest BCUT2D eigenvalue weighted by atomic mass is 10.2. The Morgan fingerprint density at radius 2 is 2.06 bits per heavy atom. The zero-order valence-corrected chi connectivity index (χ0v) is 9.26. The molecule has 1 aliphatic rings. The highest BCUT2D eigenvalue weighted by atomic mass is 16.5. The Morgan fingerprint density at radius 1 is 1.31 bits per heavy atom. The highest BCUT2D eigenvalue weighted by Gasteiger charge is 2.20. The third-order valence-corrected chi connectivity index (χ3v) is 2.66. The SMILES string of the molecule is O=C([N]CCCC1CC1)Oc1ccccc1. The molecule has 3 nitrogen and oxygen atoms in total. The maximum Gasteiger partial charge on any atom is 0.434 e. The van der Waals surface area contributed by atoms with Crippen molar-refractivity contribution in [3.63, 3.8) is 0 Å². The van der Waals surface area contributed by atoms with E-state index in [1.165, 1.54) is 19.3 Å². The van der Waals surface area contributed by atoms with Crippen LogP contribution in [0.25, 0.3) is 0 Å². The quantitative estimate of drug-likeness (QED) is 0.713. The van der Waals surface area contributed by atoms with Gasteiger partial charge in [0.15, 0.2) is 0 Å². The average Bonchev–Trinajstić information content (AvgIpc) is 3.10. The van der Waals surface area contributed by atoms with E-state index >= 15 is 0 Å². The summed E-state index contributed by atoms with van der Waals surface area (Å²) >= 11 is 0. The Labute approximate surface area is 95.8 Å². The first-order valence-electron chi connectivity index (χ1n) is 5.79. The molecule has 0 N–H and O–H groups in total. The molecule has 1 aromatic carbocycles. The van der Waals surface area contributed by atoms with Crippen molar-refractivity contribution >= 4 is 6.09 Å². The van der Waals surface area contributed by atoms with Gasteiger partial charge in [0.25, 0.3) is 0 Å². The van der Waals surface area contributed by atoms with Crippen LogP contribution in [0.4, 0.5) is 4.79 Å². The van der Waals surface area contributed by atoms with Gasteiger partial charge in [-0.25, -0.2) is 10.1 Å². The summed E-state index contributed by atoms with van der Waals surface area (Å²) in [4.78, 5) is 11.3. The Balaban J connectivity index is 1.60. The lowest BCUT2D eigenvalue weighted by Gasteiger charge is -2.03. The van der Waals surface area contributed by atoms with E-state index in [4.69, 9.17) is 4.74 Å². The van der Waals surface area contributed by atoms with Gasteiger partial charge in [-0.3, -0.25) is 0 Å². The molecule has 1 aliphatic carbocycles. The van der Waals surface area contributed by atoms with E-state index in [1.54, 1.807) is 12.1 Å². The van der Waals surface area contributed by atoms with Crippen LogP contribution in [0.1, 0.15) is 25.7 Å². The third kappa shape index (κ3) is 3.93. The second kappa shape index (κ2) is 5.54. The van der Waals surface area contributed by atoms with Crippen molar-refractivity contribution in [2.45, 2.75) is 25.7 Å². The molecule has 85 valence electrons. The van der Waals surface area contributed by atoms with Crippen molar-refractivity contribution in [2.24, 2.45) is 5.92 Å². The first kappa shape index (κ1) is 11.0. The van der Waals surface area contributed by atoms with Gasteiger partial charge in [-0.15, -0.1) is 0 Å². The van der Waals surface area contributed by atoms with E-state index in [9.17, 15) is 4.79 Å². The summed E-state index contributed by atoms with van der Waals surface area (Å²) in [7, 11) is 0. The van der Waals surface area contributed by atoms with Crippen LogP contribution in [-0.2, 0) is 0 Å². The average molecular weight is 218 g/mol. The van der Waals surface area contributed by atoms with Crippen molar-refractivity contribution < 1.29 is 9.53 Å². The predicted octanol–water partition coefficient (Wildman–Crippen LogP) is 2.98. The molecule has 1 fully saturated rings. The summed E-state index contributed by atoms with van der Waals surface area (Å²) in [5.41, 5.74) is 0. The Morgan fingerprint density at radius 3 is 2.75 bits per heavy atom. The summed E-state index contributed by atoms with van der Waals surface area (Å²) in [6.07, 6.45) is 4.42. The molecule has 1 saturated carbocycles. The second-order valence-electron chi connectivity index (χ2n) is 4.15. The minimum atomic E-state index is -0.484. The highest BCUT2D eigenvalue weighted by Crippen LogP contribution is 2.33. The number of benzene rings is 1. The summed E-state index contributed by atoms with van der Waals surface area (Å²) < 4.78 is 5.03. The van der Waals surface area contributed by atoms with Crippen LogP contribution in [0.3, 0.4) is 0 Å². The monoisotopic (exact) mass is 218 g/mol.